The third-order valence-corrected chi connectivity index (χ3v) is 0.697. The summed E-state index contributed by atoms with van der Waals surface area (Å²) in [7, 11) is 0. The van der Waals surface area contributed by atoms with Crippen molar-refractivity contribution in [1.29, 1.82) is 0 Å². The molecule has 0 aliphatic rings. The fourth-order valence-electron chi connectivity index (χ4n) is 0. The van der Waals surface area contributed by atoms with E-state index in [0.29, 0.717) is 5.92 Å². The molecular weight excluding hydrogens is 339 g/mol. The molecule has 0 saturated heterocycles. The summed E-state index contributed by atoms with van der Waals surface area (Å²) in [5, 5.41) is 0. The zero-order chi connectivity index (χ0) is 4.28. The van der Waals surface area contributed by atoms with E-state index < -0.39 is 0 Å². The molecule has 0 aromatic heterocycles. The van der Waals surface area contributed by atoms with Crippen molar-refractivity contribution in [3.63, 3.8) is 0 Å². The standard InChI is InChI=1S/C5H11.CH3.Rf/c1-4-5(2)3;;/h5H,2,4H2,1,3H3;1H3;/q2*-1;. The Kier molecular flexibility index (Phi) is 21.2. The summed E-state index contributed by atoms with van der Waals surface area (Å²) in [5.41, 5.74) is 0. The van der Waals surface area contributed by atoms with Gasteiger partial charge in [0.15, 0.2) is 0 Å². The normalized spacial score (nSPS) is 10.7. The Morgan fingerprint density at radius 3 is 1.71 bits per heavy atom. The van der Waals surface area contributed by atoms with Crippen LogP contribution in [-0.4, -0.2) is 0 Å². The van der Waals surface area contributed by atoms with E-state index >= 15 is 0 Å². The molecule has 0 aliphatic heterocycles. The minimum Gasteiger partial charge on any atom is -0.358 e. The molecule has 0 heterocycles. The minimum atomic E-state index is 0. The van der Waals surface area contributed by atoms with Crippen molar-refractivity contribution in [2.75, 3.05) is 0 Å². The second-order valence-corrected chi connectivity index (χ2v) is 1.51. The van der Waals surface area contributed by atoms with E-state index in [1.54, 1.807) is 0 Å². The van der Waals surface area contributed by atoms with E-state index in [4.69, 9.17) is 0 Å². The first kappa shape index (κ1) is 16.7. The van der Waals surface area contributed by atoms with Crippen LogP contribution >= 0.6 is 0 Å². The van der Waals surface area contributed by atoms with Crippen LogP contribution in [-0.2, 0) is 0 Å². The van der Waals surface area contributed by atoms with Gasteiger partial charge in [-0.25, -0.2) is 0 Å². The van der Waals surface area contributed by atoms with Crippen LogP contribution in [0.15, 0.2) is 0 Å². The van der Waals surface area contributed by atoms with Crippen LogP contribution in [0.4, 0.5) is 0 Å². The molecule has 0 amide bonds. The Bertz CT molecular complexity index is 18.1. The van der Waals surface area contributed by atoms with Crippen molar-refractivity contribution in [2.45, 2.75) is 20.3 Å². The molecule has 1 unspecified atom stereocenters. The van der Waals surface area contributed by atoms with Crippen molar-refractivity contribution in [2.24, 2.45) is 5.92 Å². The maximum atomic E-state index is 3.76. The predicted molar refractivity (Wildman–Crippen MR) is 31.2 cm³/mol. The summed E-state index contributed by atoms with van der Waals surface area (Å²) in [4.78, 5) is 0. The van der Waals surface area contributed by atoms with Gasteiger partial charge < -0.3 is 14.4 Å². The van der Waals surface area contributed by atoms with Gasteiger partial charge in [-0.05, 0) is 0 Å². The molecule has 0 rings (SSSR count). The Morgan fingerprint density at radius 2 is 1.71 bits per heavy atom. The summed E-state index contributed by atoms with van der Waals surface area (Å²) in [6.45, 7) is 8.00. The molecule has 0 fully saturated rings. The molecule has 0 bridgehead atoms. The zero-order valence-corrected chi connectivity index (χ0v) is 12.1. The molecule has 1 atom stereocenters. The van der Waals surface area contributed by atoms with Crippen molar-refractivity contribution in [3.05, 3.63) is 14.4 Å². The van der Waals surface area contributed by atoms with E-state index in [9.17, 15) is 0 Å². The second kappa shape index (κ2) is 8.89. The molecule has 0 nitrogen and oxygen atoms in total. The second-order valence-electron chi connectivity index (χ2n) is 1.51. The van der Waals surface area contributed by atoms with Gasteiger partial charge in [-0.3, -0.25) is 0 Å². The van der Waals surface area contributed by atoms with E-state index in [2.05, 4.69) is 20.8 Å². The van der Waals surface area contributed by atoms with Crippen molar-refractivity contribution in [1.82, 2.24) is 0 Å². The molecule has 0 spiro atoms. The van der Waals surface area contributed by atoms with Crippen molar-refractivity contribution in [3.8, 4) is 0 Å². The van der Waals surface area contributed by atoms with Gasteiger partial charge in [-0.1, -0.05) is 20.3 Å². The van der Waals surface area contributed by atoms with Gasteiger partial charge in [-0.2, -0.15) is 5.92 Å². The maximum absolute atomic E-state index is 3.76. The van der Waals surface area contributed by atoms with E-state index in [1.807, 2.05) is 0 Å². The summed E-state index contributed by atoms with van der Waals surface area (Å²) in [6, 6.07) is 0. The molecule has 0 radical (unpaired) electrons. The molecule has 42 valence electrons. The molecule has 0 N–H and O–H groups in total. The van der Waals surface area contributed by atoms with E-state index in [0.717, 1.165) is 0 Å². The monoisotopic (exact) mass is 353 g/mol. The Balaban J connectivity index is -0.0000000800. The summed E-state index contributed by atoms with van der Waals surface area (Å²) >= 11 is 0. The van der Waals surface area contributed by atoms with Crippen LogP contribution in [0.5, 0.6) is 0 Å². The Morgan fingerprint density at radius 1 is 1.57 bits per heavy atom. The van der Waals surface area contributed by atoms with Crippen LogP contribution < -0.4 is 0 Å². The van der Waals surface area contributed by atoms with Gasteiger partial charge in [0, 0.05) is 0 Å². The average Bonchev–Trinajstić information content (AvgIpc) is 1.38. The van der Waals surface area contributed by atoms with Gasteiger partial charge in [0.1, 0.15) is 0 Å². The molecule has 0 saturated carbocycles. The third-order valence-electron chi connectivity index (χ3n) is 0.697. The van der Waals surface area contributed by atoms with Crippen LogP contribution in [0.1, 0.15) is 20.3 Å². The predicted octanol–water partition coefficient (Wildman–Crippen LogP) is 2.32. The van der Waals surface area contributed by atoms with Gasteiger partial charge in [0.25, 0.3) is 0 Å². The van der Waals surface area contributed by atoms with Gasteiger partial charge in [0.05, 0.1) is 0 Å². The third kappa shape index (κ3) is 45.0. The Hall–Kier alpha value is -1.00. The van der Waals surface area contributed by atoms with Crippen LogP contribution in [0.3, 0.4) is 0 Å². The summed E-state index contributed by atoms with van der Waals surface area (Å²) in [5.74, 6) is 0.634. The van der Waals surface area contributed by atoms with Crippen LogP contribution in [0, 0.1) is 20.3 Å². The topological polar surface area (TPSA) is 0 Å². The summed E-state index contributed by atoms with van der Waals surface area (Å²) in [6.07, 6.45) is 1.19. The van der Waals surface area contributed by atoms with Gasteiger partial charge in [-0.15, -0.1) is 0 Å². The first-order chi connectivity index (χ1) is 2.27. The smallest absolute Gasteiger partial charge is 0 e. The fraction of sp³-hybridized carbons (Fsp3) is 0.667. The molecule has 0 aliphatic carbocycles. The first-order valence-electron chi connectivity index (χ1n) is 2.10. The number of hydrogen-bond acceptors (Lipinski definition) is 0. The average molecular weight is 353 g/mol. The molecular formula is C6H14Rf-2. The maximum Gasteiger partial charge on any atom is 0 e. The van der Waals surface area contributed by atoms with Crippen LogP contribution in [0.25, 0.3) is 0 Å². The van der Waals surface area contributed by atoms with E-state index in [-0.39, 0.29) is 7.43 Å². The zero-order valence-electron chi connectivity index (χ0n) is 5.70. The van der Waals surface area contributed by atoms with Crippen LogP contribution in [0.2, 0.25) is 0 Å². The minimum absolute atomic E-state index is 0. The van der Waals surface area contributed by atoms with E-state index in [1.165, 1.54) is 6.42 Å². The SMILES string of the molecule is [CH2-]C(C)CC.[CH3-].[Rf]. The molecule has 0 aromatic carbocycles. The molecule has 7 heavy (non-hydrogen) atoms. The van der Waals surface area contributed by atoms with Gasteiger partial charge >= 0.3 is 0 Å². The number of rotatable bonds is 1. The van der Waals surface area contributed by atoms with Gasteiger partial charge in [0.2, 0.25) is 0 Å². The fourth-order valence-corrected chi connectivity index (χ4v) is 0. The molecule has 0 aromatic rings. The molecule has 1 heteroatoms. The van der Waals surface area contributed by atoms with Crippen molar-refractivity contribution < 1.29 is 0 Å². The summed E-state index contributed by atoms with van der Waals surface area (Å²) < 4.78 is 0. The largest absolute Gasteiger partial charge is 0.358 e. The van der Waals surface area contributed by atoms with Crippen molar-refractivity contribution >= 4 is 0 Å². The Labute approximate surface area is 41.6 Å². The first-order valence-corrected chi connectivity index (χ1v) is 2.10. The quantitative estimate of drug-likeness (QED) is 0.635. The number of hydrogen-bond donors (Lipinski definition) is 0.